The first-order chi connectivity index (χ1) is 44.1. The van der Waals surface area contributed by atoms with Crippen LogP contribution < -0.4 is 0 Å². The fourth-order valence-electron chi connectivity index (χ4n) is 13.7. The molecule has 2 aliphatic carbocycles. The zero-order valence-corrected chi connectivity index (χ0v) is 51.5. The number of hydrogen-bond acceptors (Lipinski definition) is 3. The maximum atomic E-state index is 4.70. The van der Waals surface area contributed by atoms with Crippen molar-refractivity contribution in [2.24, 2.45) is 0 Å². The van der Waals surface area contributed by atoms with Crippen molar-refractivity contribution in [3.05, 3.63) is 356 Å². The van der Waals surface area contributed by atoms with Crippen LogP contribution in [0.3, 0.4) is 0 Å². The Labute approximate surface area is 544 Å². The number of benzene rings is 11. The molecular formula is C85H61IrN5-2. The van der Waals surface area contributed by atoms with Crippen molar-refractivity contribution in [3.8, 4) is 78.5 Å². The first-order valence-corrected chi connectivity index (χ1v) is 30.4. The normalized spacial score (nSPS) is 12.2. The van der Waals surface area contributed by atoms with Gasteiger partial charge in [-0.3, -0.25) is 4.98 Å². The fraction of sp³-hybridized carbons (Fsp3) is 0.0471. The summed E-state index contributed by atoms with van der Waals surface area (Å²) in [4.78, 5) is 13.2. The van der Waals surface area contributed by atoms with E-state index in [9.17, 15) is 0 Å². The number of nitrogens with zero attached hydrogens (tertiary/aromatic N) is 5. The second kappa shape index (κ2) is 24.9. The van der Waals surface area contributed by atoms with Crippen molar-refractivity contribution in [2.75, 3.05) is 0 Å². The van der Waals surface area contributed by atoms with Crippen molar-refractivity contribution in [3.63, 3.8) is 0 Å². The summed E-state index contributed by atoms with van der Waals surface area (Å²) < 4.78 is 4.79. The summed E-state index contributed by atoms with van der Waals surface area (Å²) in [6, 6.07) is 115. The Bertz CT molecular complexity index is 4760. The molecule has 2 aliphatic rings. The van der Waals surface area contributed by atoms with Crippen LogP contribution in [0.5, 0.6) is 0 Å². The van der Waals surface area contributed by atoms with E-state index in [-0.39, 0.29) is 32.9 Å². The van der Waals surface area contributed by atoms with Gasteiger partial charge in [-0.25, -0.2) is 0 Å². The Hall–Kier alpha value is -10.9. The zero-order valence-electron chi connectivity index (χ0n) is 49.1. The molecule has 0 unspecified atom stereocenters. The van der Waals surface area contributed by atoms with E-state index in [1.54, 1.807) is 6.20 Å². The second-order valence-electron chi connectivity index (χ2n) is 23.0. The summed E-state index contributed by atoms with van der Waals surface area (Å²) >= 11 is 0. The van der Waals surface area contributed by atoms with Crippen LogP contribution in [0.4, 0.5) is 0 Å². The van der Waals surface area contributed by atoms with Gasteiger partial charge in [-0.05, 0) is 154 Å². The molecular weight excluding hydrogens is 1280 g/mol. The molecule has 5 heterocycles. The van der Waals surface area contributed by atoms with Crippen molar-refractivity contribution in [2.45, 2.75) is 25.7 Å². The van der Waals surface area contributed by atoms with Gasteiger partial charge >= 0.3 is 0 Å². The standard InChI is InChI=1S/C62H40N3.C11H9N.C11H8N.CH4.Ir/c1-5-16-58-51(11-1)52-12-2-6-17-59(52)64(58)47-28-22-40(23-29-47)42-26-32-49-50-33-27-43(41-24-30-48(31-25-41)65-60-18-7-3-13-53(60)54-14-4-8-19-61(54)65)37-56(50)62(55(49)36-42)38-45-21-20-44(35-46(45)39-62)57-15-9-10-34-63-57;2*1-2-6-10(7-3-1)11-8-4-5-9-12-11;;/h1-19,21-37H,38-39H2;1-9H;1-6,8-9H;1H4;/q-1;;-1;;. The van der Waals surface area contributed by atoms with Crippen LogP contribution in [0.2, 0.25) is 0 Å². The van der Waals surface area contributed by atoms with Crippen LogP contribution in [0.15, 0.2) is 322 Å². The molecule has 0 atom stereocenters. The van der Waals surface area contributed by atoms with Crippen LogP contribution in [0.25, 0.3) is 122 Å². The van der Waals surface area contributed by atoms with Crippen molar-refractivity contribution < 1.29 is 20.1 Å². The molecule has 437 valence electrons. The maximum Gasteiger partial charge on any atom is 0.0701 e. The van der Waals surface area contributed by atoms with Gasteiger partial charge in [0.1, 0.15) is 0 Å². The average Bonchev–Trinajstić information content (AvgIpc) is 1.55. The number of fused-ring (bicyclic) bond motifs is 12. The van der Waals surface area contributed by atoms with Crippen molar-refractivity contribution >= 4 is 43.6 Å². The topological polar surface area (TPSA) is 48.5 Å². The van der Waals surface area contributed by atoms with Gasteiger partial charge in [-0.1, -0.05) is 189 Å². The molecule has 0 fully saturated rings. The summed E-state index contributed by atoms with van der Waals surface area (Å²) in [7, 11) is 0. The van der Waals surface area contributed by atoms with Gasteiger partial charge in [0.2, 0.25) is 0 Å². The summed E-state index contributed by atoms with van der Waals surface area (Å²) in [5.41, 5.74) is 26.4. The van der Waals surface area contributed by atoms with Gasteiger partial charge in [-0.15, -0.1) is 70.8 Å². The van der Waals surface area contributed by atoms with Crippen molar-refractivity contribution in [1.82, 2.24) is 24.1 Å². The van der Waals surface area contributed by atoms with Crippen LogP contribution in [-0.4, -0.2) is 24.1 Å². The first-order valence-electron chi connectivity index (χ1n) is 30.4. The minimum Gasteiger partial charge on any atom is -0.309 e. The van der Waals surface area contributed by atoms with Crippen LogP contribution in [0, 0.1) is 12.1 Å². The molecule has 1 radical (unpaired) electrons. The molecule has 11 aromatic carbocycles. The molecule has 0 aliphatic heterocycles. The van der Waals surface area contributed by atoms with E-state index in [4.69, 9.17) is 4.98 Å². The minimum atomic E-state index is -0.221. The molecule has 0 amide bonds. The van der Waals surface area contributed by atoms with E-state index in [0.717, 1.165) is 58.0 Å². The summed E-state index contributed by atoms with van der Waals surface area (Å²) in [5.74, 6) is 0. The number of hydrogen-bond donors (Lipinski definition) is 0. The molecule has 6 heteroatoms. The molecule has 0 bridgehead atoms. The van der Waals surface area contributed by atoms with Gasteiger partial charge in [0.15, 0.2) is 0 Å². The Morgan fingerprint density at radius 2 is 0.725 bits per heavy atom. The predicted molar refractivity (Wildman–Crippen MR) is 373 cm³/mol. The van der Waals surface area contributed by atoms with Crippen LogP contribution in [0.1, 0.15) is 29.7 Å². The third kappa shape index (κ3) is 10.7. The fourth-order valence-corrected chi connectivity index (χ4v) is 13.7. The van der Waals surface area contributed by atoms with Crippen LogP contribution >= 0.6 is 0 Å². The van der Waals surface area contributed by atoms with Gasteiger partial charge in [0, 0.05) is 82.6 Å². The third-order valence-electron chi connectivity index (χ3n) is 17.9. The molecule has 5 aromatic heterocycles. The van der Waals surface area contributed by atoms with E-state index in [0.29, 0.717) is 0 Å². The van der Waals surface area contributed by atoms with Gasteiger partial charge < -0.3 is 19.1 Å². The van der Waals surface area contributed by atoms with E-state index < -0.39 is 0 Å². The smallest absolute Gasteiger partial charge is 0.0701 e. The van der Waals surface area contributed by atoms with E-state index in [1.807, 2.05) is 97.3 Å². The first kappa shape index (κ1) is 57.8. The van der Waals surface area contributed by atoms with Gasteiger partial charge in [0.25, 0.3) is 0 Å². The Balaban J connectivity index is 0.000000231. The summed E-state index contributed by atoms with van der Waals surface area (Å²) in [5, 5.41) is 5.10. The Kier molecular flexibility index (Phi) is 15.9. The molecule has 16 aromatic rings. The Morgan fingerprint density at radius 3 is 1.18 bits per heavy atom. The molecule has 0 saturated heterocycles. The molecule has 91 heavy (non-hydrogen) atoms. The largest absolute Gasteiger partial charge is 0.309 e. The molecule has 0 N–H and O–H groups in total. The second-order valence-corrected chi connectivity index (χ2v) is 23.0. The van der Waals surface area contributed by atoms with Gasteiger partial charge in [0.05, 0.1) is 27.8 Å². The number of pyridine rings is 3. The van der Waals surface area contributed by atoms with Gasteiger partial charge in [-0.2, -0.15) is 0 Å². The number of para-hydroxylation sites is 4. The quantitative estimate of drug-likeness (QED) is 0.149. The maximum absolute atomic E-state index is 4.70. The predicted octanol–water partition coefficient (Wildman–Crippen LogP) is 21.1. The number of rotatable bonds is 7. The van der Waals surface area contributed by atoms with Crippen LogP contribution in [-0.2, 0) is 38.4 Å². The molecule has 0 saturated carbocycles. The average molecular weight is 1340 g/mol. The van der Waals surface area contributed by atoms with Crippen molar-refractivity contribution in [1.29, 1.82) is 0 Å². The zero-order chi connectivity index (χ0) is 59.1. The number of aromatic nitrogens is 5. The minimum absolute atomic E-state index is 0. The monoisotopic (exact) mass is 1340 g/mol. The SMILES string of the molecule is C.[Ir].[c-]1cc2c(cc1-c1ccccn1)CC1(C2)c2cc(-c3ccc(-n4c5ccccc5c5ccccc54)cc3)ccc2-c2ccc(-c3ccc(-n4c5ccccc5c5ccccc54)cc3)cc21.[c-]1ccccc1-c1ccccn1.c1ccc(-c2ccccn2)cc1. The molecule has 1 spiro atoms. The van der Waals surface area contributed by atoms with E-state index in [1.165, 1.54) is 99.2 Å². The summed E-state index contributed by atoms with van der Waals surface area (Å²) in [6.45, 7) is 0. The van der Waals surface area contributed by atoms with E-state index >= 15 is 0 Å². The Morgan fingerprint density at radius 1 is 0.319 bits per heavy atom. The third-order valence-corrected chi connectivity index (χ3v) is 17.9. The summed E-state index contributed by atoms with van der Waals surface area (Å²) in [6.07, 6.45) is 7.31. The van der Waals surface area contributed by atoms with E-state index in [2.05, 4.69) is 250 Å². The molecule has 5 nitrogen and oxygen atoms in total. The molecule has 18 rings (SSSR count).